The highest BCUT2D eigenvalue weighted by Gasteiger charge is 2.74. The molecule has 5 heterocycles. The Bertz CT molecular complexity index is 1210. The van der Waals surface area contributed by atoms with Gasteiger partial charge in [0.2, 0.25) is 23.4 Å². The maximum Gasteiger partial charge on any atom is 0.451 e. The number of hydrogen-bond donors (Lipinski definition) is 8. The molecule has 1 spiro atoms. The van der Waals surface area contributed by atoms with E-state index in [4.69, 9.17) is 10.8 Å². The summed E-state index contributed by atoms with van der Waals surface area (Å²) in [5.74, 6) is -7.23. The second-order valence-corrected chi connectivity index (χ2v) is 9.01. The molecular formula is C19H21F3N10O5. The Morgan fingerprint density at radius 3 is 2.54 bits per heavy atom. The van der Waals surface area contributed by atoms with E-state index in [-0.39, 0.29) is 31.3 Å². The number of aliphatic hydroxyl groups is 2. The van der Waals surface area contributed by atoms with Crippen LogP contribution in [-0.2, 0) is 15.8 Å². The quantitative estimate of drug-likeness (QED) is 0.145. The molecule has 18 heteroatoms. The number of likely N-dealkylation sites (tertiary alicyclic amines) is 1. The lowest BCUT2D eigenvalue weighted by Gasteiger charge is -2.51. The van der Waals surface area contributed by atoms with Gasteiger partial charge in [-0.1, -0.05) is 0 Å². The highest BCUT2D eigenvalue weighted by atomic mass is 19.4. The Hall–Kier alpha value is -4.06. The molecule has 5 rings (SSSR count). The predicted octanol–water partition coefficient (Wildman–Crippen LogP) is -3.16. The highest BCUT2D eigenvalue weighted by Crippen LogP contribution is 2.43. The van der Waals surface area contributed by atoms with Crippen LogP contribution >= 0.6 is 0 Å². The number of carbonyl (C=O) groups excluding carboxylic acids is 3. The number of rotatable bonds is 4. The van der Waals surface area contributed by atoms with Crippen LogP contribution in [0.4, 0.5) is 13.2 Å². The van der Waals surface area contributed by atoms with Crippen molar-refractivity contribution in [3.8, 4) is 0 Å². The minimum atomic E-state index is -4.91. The van der Waals surface area contributed by atoms with Crippen LogP contribution in [0, 0.1) is 10.8 Å². The van der Waals surface area contributed by atoms with Gasteiger partial charge in [0.15, 0.2) is 17.6 Å². The van der Waals surface area contributed by atoms with Crippen LogP contribution < -0.4 is 21.3 Å². The summed E-state index contributed by atoms with van der Waals surface area (Å²) in [4.78, 5) is 45.4. The first-order valence-electron chi connectivity index (χ1n) is 11.0. The van der Waals surface area contributed by atoms with Gasteiger partial charge in [-0.3, -0.25) is 30.1 Å². The van der Waals surface area contributed by atoms with Crippen molar-refractivity contribution in [2.24, 2.45) is 0 Å². The molecule has 2 unspecified atom stereocenters. The zero-order valence-corrected chi connectivity index (χ0v) is 18.8. The van der Waals surface area contributed by atoms with Crippen molar-refractivity contribution in [3.63, 3.8) is 0 Å². The van der Waals surface area contributed by atoms with Crippen LogP contribution in [0.25, 0.3) is 0 Å². The first kappa shape index (κ1) is 24.6. The zero-order valence-electron chi connectivity index (χ0n) is 18.8. The number of carbonyl (C=O) groups is 3. The molecule has 15 nitrogen and oxygen atoms in total. The van der Waals surface area contributed by atoms with Crippen molar-refractivity contribution in [2.75, 3.05) is 13.1 Å². The van der Waals surface area contributed by atoms with E-state index in [0.717, 1.165) is 22.1 Å². The summed E-state index contributed by atoms with van der Waals surface area (Å²) in [6.45, 7) is -0.648. The fourth-order valence-corrected chi connectivity index (χ4v) is 5.21. The molecule has 4 saturated heterocycles. The fraction of sp³-hybridized carbons (Fsp3) is 0.526. The summed E-state index contributed by atoms with van der Waals surface area (Å²) < 4.78 is 38.9. The average molecular weight is 526 g/mol. The molecule has 4 aliphatic rings. The van der Waals surface area contributed by atoms with E-state index >= 15 is 0 Å². The summed E-state index contributed by atoms with van der Waals surface area (Å²) in [5.41, 5.74) is -2.71. The van der Waals surface area contributed by atoms with E-state index in [0.29, 0.717) is 0 Å². The predicted molar refractivity (Wildman–Crippen MR) is 113 cm³/mol. The van der Waals surface area contributed by atoms with Crippen LogP contribution in [0.15, 0.2) is 12.3 Å². The lowest BCUT2D eigenvalue weighted by molar-refractivity contribution is -0.232. The number of aromatic nitrogens is 2. The molecule has 4 aliphatic heterocycles. The number of amides is 3. The second kappa shape index (κ2) is 7.97. The van der Waals surface area contributed by atoms with Gasteiger partial charge >= 0.3 is 6.18 Å². The van der Waals surface area contributed by atoms with Crippen molar-refractivity contribution in [1.29, 1.82) is 10.8 Å². The van der Waals surface area contributed by atoms with Crippen molar-refractivity contribution < 1.29 is 37.8 Å². The Kier molecular flexibility index (Phi) is 5.30. The van der Waals surface area contributed by atoms with Gasteiger partial charge in [-0.05, 0) is 6.07 Å². The number of imide groups is 1. The van der Waals surface area contributed by atoms with Crippen molar-refractivity contribution in [1.82, 2.24) is 41.0 Å². The third kappa shape index (κ3) is 3.62. The normalized spacial score (nSPS) is 30.5. The minimum absolute atomic E-state index is 0.0174. The van der Waals surface area contributed by atoms with Gasteiger partial charge in [-0.25, -0.2) is 9.97 Å². The van der Waals surface area contributed by atoms with Gasteiger partial charge in [-0.2, -0.15) is 13.2 Å². The molecule has 0 bridgehead atoms. The van der Waals surface area contributed by atoms with E-state index in [1.807, 2.05) is 0 Å². The summed E-state index contributed by atoms with van der Waals surface area (Å²) in [6, 6.07) is -2.72. The molecule has 4 fully saturated rings. The molecule has 0 aromatic carbocycles. The Morgan fingerprint density at radius 1 is 1.22 bits per heavy atom. The molecule has 4 atom stereocenters. The number of alkyl halides is 3. The highest BCUT2D eigenvalue weighted by molar-refractivity contribution is 6.02. The lowest BCUT2D eigenvalue weighted by Crippen LogP contribution is -2.81. The van der Waals surface area contributed by atoms with E-state index in [2.05, 4.69) is 31.2 Å². The average Bonchev–Trinajstić information content (AvgIpc) is 3.41. The molecule has 1 aromatic rings. The second-order valence-electron chi connectivity index (χ2n) is 9.01. The number of guanidine groups is 2. The maximum absolute atomic E-state index is 13.0. The van der Waals surface area contributed by atoms with E-state index in [1.54, 1.807) is 0 Å². The largest absolute Gasteiger partial charge is 0.451 e. The van der Waals surface area contributed by atoms with Gasteiger partial charge in [0, 0.05) is 25.6 Å². The van der Waals surface area contributed by atoms with Crippen molar-refractivity contribution >= 4 is 29.6 Å². The Labute approximate surface area is 205 Å². The molecule has 3 amide bonds. The van der Waals surface area contributed by atoms with Crippen LogP contribution in [0.3, 0.4) is 0 Å². The first-order valence-corrected chi connectivity index (χ1v) is 11.0. The van der Waals surface area contributed by atoms with Crippen molar-refractivity contribution in [2.45, 2.75) is 48.6 Å². The minimum Gasteiger partial charge on any atom is -0.361 e. The molecule has 0 saturated carbocycles. The molecular weight excluding hydrogens is 505 g/mol. The van der Waals surface area contributed by atoms with Crippen LogP contribution in [0.2, 0.25) is 0 Å². The van der Waals surface area contributed by atoms with Crippen molar-refractivity contribution in [3.05, 3.63) is 23.8 Å². The lowest BCUT2D eigenvalue weighted by atomic mass is 9.84. The third-order valence-corrected chi connectivity index (χ3v) is 6.88. The number of nitrogens with one attached hydrogen (secondary N) is 6. The van der Waals surface area contributed by atoms with Crippen LogP contribution in [0.5, 0.6) is 0 Å². The molecule has 0 aliphatic carbocycles. The summed E-state index contributed by atoms with van der Waals surface area (Å²) in [7, 11) is 0. The molecule has 1 aromatic heterocycles. The monoisotopic (exact) mass is 526 g/mol. The molecule has 37 heavy (non-hydrogen) atoms. The van der Waals surface area contributed by atoms with Gasteiger partial charge in [0.1, 0.15) is 11.7 Å². The SMILES string of the molecule is N=C1NC2[C@H](CN3C(=O)CCC3=O)NC(=N)N3C[C@H](NC(=O)c4ccnc(C(F)(F)F)n4)C(O)(O)C23N1. The number of hydrogen-bond acceptors (Lipinski definition) is 9. The molecule has 0 radical (unpaired) electrons. The van der Waals surface area contributed by atoms with Gasteiger partial charge in [0.25, 0.3) is 5.91 Å². The van der Waals surface area contributed by atoms with Gasteiger partial charge < -0.3 is 36.4 Å². The standard InChI is InChI=1S/C19H21F3N10O5/c20-19(21,22)14-25-4-3-7(26-14)13(35)28-9-6-32-16(24)27-8(5-31-10(33)1-2-11(31)34)12-17(32,18(9,36)37)30-15(23)29-12/h3-4,8-9,12,36-37H,1-2,5-6H2,(H2,24,27)(H,28,35)(H3,23,29,30)/t8-,9-,12?,17?/m0/s1. The summed E-state index contributed by atoms with van der Waals surface area (Å²) in [5, 5.41) is 49.5. The molecule has 8 N–H and O–H groups in total. The Morgan fingerprint density at radius 2 is 1.89 bits per heavy atom. The summed E-state index contributed by atoms with van der Waals surface area (Å²) >= 11 is 0. The van der Waals surface area contributed by atoms with E-state index in [1.165, 1.54) is 0 Å². The maximum atomic E-state index is 13.0. The number of nitrogens with zero attached hydrogens (tertiary/aromatic N) is 4. The van der Waals surface area contributed by atoms with Gasteiger partial charge in [-0.15, -0.1) is 0 Å². The molecule has 198 valence electrons. The van der Waals surface area contributed by atoms with Crippen LogP contribution in [0.1, 0.15) is 29.2 Å². The first-order chi connectivity index (χ1) is 17.3. The zero-order chi connectivity index (χ0) is 26.9. The smallest absolute Gasteiger partial charge is 0.361 e. The fourth-order valence-electron chi connectivity index (χ4n) is 5.21. The van der Waals surface area contributed by atoms with E-state index in [9.17, 15) is 37.8 Å². The Balaban J connectivity index is 1.44. The topological polar surface area (TPSA) is 220 Å². The van der Waals surface area contributed by atoms with E-state index < -0.39 is 71.5 Å². The summed E-state index contributed by atoms with van der Waals surface area (Å²) in [6.07, 6.45) is -4.15. The number of halogens is 3. The van der Waals surface area contributed by atoms with Crippen LogP contribution in [-0.4, -0.2) is 102 Å². The third-order valence-electron chi connectivity index (χ3n) is 6.88. The van der Waals surface area contributed by atoms with Gasteiger partial charge in [0.05, 0.1) is 18.6 Å².